The molecule has 62 valence electrons. The summed E-state index contributed by atoms with van der Waals surface area (Å²) in [5.74, 6) is -0.302. The predicted molar refractivity (Wildman–Crippen MR) is 40.1 cm³/mol. The second-order valence-corrected chi connectivity index (χ2v) is 2.85. The summed E-state index contributed by atoms with van der Waals surface area (Å²) in [6.07, 6.45) is 3.05. The van der Waals surface area contributed by atoms with Crippen LogP contribution in [0.15, 0.2) is 12.2 Å². The first kappa shape index (κ1) is 8.27. The van der Waals surface area contributed by atoms with Gasteiger partial charge in [-0.05, 0) is 13.8 Å². The third-order valence-corrected chi connectivity index (χ3v) is 1.46. The van der Waals surface area contributed by atoms with Crippen molar-refractivity contribution < 1.29 is 14.3 Å². The first-order valence-electron chi connectivity index (χ1n) is 3.60. The van der Waals surface area contributed by atoms with E-state index in [1.165, 1.54) is 6.08 Å². The van der Waals surface area contributed by atoms with Crippen molar-refractivity contribution in [2.24, 2.45) is 0 Å². The number of hydrogen-bond donors (Lipinski definition) is 0. The maximum Gasteiger partial charge on any atom is 0.330 e. The minimum Gasteiger partial charge on any atom is -0.459 e. The zero-order valence-corrected chi connectivity index (χ0v) is 6.79. The van der Waals surface area contributed by atoms with Crippen molar-refractivity contribution in [2.75, 3.05) is 13.2 Å². The van der Waals surface area contributed by atoms with E-state index in [-0.39, 0.29) is 11.6 Å². The number of carbonyl (C=O) groups excluding carboxylic acids is 1. The quantitative estimate of drug-likeness (QED) is 0.346. The van der Waals surface area contributed by atoms with E-state index in [1.807, 2.05) is 6.92 Å². The van der Waals surface area contributed by atoms with Crippen LogP contribution in [-0.4, -0.2) is 24.8 Å². The van der Waals surface area contributed by atoms with E-state index in [0.717, 1.165) is 0 Å². The van der Waals surface area contributed by atoms with Gasteiger partial charge in [0.15, 0.2) is 0 Å². The van der Waals surface area contributed by atoms with Crippen LogP contribution in [0, 0.1) is 0 Å². The van der Waals surface area contributed by atoms with Gasteiger partial charge in [0, 0.05) is 6.08 Å². The molecule has 0 aliphatic carbocycles. The van der Waals surface area contributed by atoms with E-state index in [1.54, 1.807) is 13.0 Å². The molecule has 11 heavy (non-hydrogen) atoms. The molecule has 3 heteroatoms. The summed E-state index contributed by atoms with van der Waals surface area (Å²) in [4.78, 5) is 10.8. The molecule has 0 N–H and O–H groups in total. The van der Waals surface area contributed by atoms with Crippen LogP contribution in [0.25, 0.3) is 0 Å². The molecule has 1 fully saturated rings. The molecule has 1 aliphatic heterocycles. The van der Waals surface area contributed by atoms with Gasteiger partial charge in [0.2, 0.25) is 0 Å². The van der Waals surface area contributed by atoms with Crippen LogP contribution in [0.4, 0.5) is 0 Å². The first-order chi connectivity index (χ1) is 5.16. The molecule has 1 atom stereocenters. The third kappa shape index (κ3) is 2.72. The molecule has 1 unspecified atom stereocenters. The number of allylic oxidation sites excluding steroid dienone is 1. The standard InChI is InChI=1S/C8H12O3/c1-3-4-7(9)10-5-8(2)6-11-8/h3-4H,5-6H2,1-2H3/b4-3+. The topological polar surface area (TPSA) is 38.8 Å². The fraction of sp³-hybridized carbons (Fsp3) is 0.625. The Morgan fingerprint density at radius 1 is 1.82 bits per heavy atom. The van der Waals surface area contributed by atoms with Gasteiger partial charge >= 0.3 is 5.97 Å². The molecule has 0 amide bonds. The molecule has 0 radical (unpaired) electrons. The molecule has 1 aliphatic rings. The van der Waals surface area contributed by atoms with Crippen molar-refractivity contribution in [1.29, 1.82) is 0 Å². The zero-order valence-electron chi connectivity index (χ0n) is 6.79. The maximum atomic E-state index is 10.8. The number of carbonyl (C=O) groups is 1. The van der Waals surface area contributed by atoms with Crippen LogP contribution >= 0.6 is 0 Å². The highest BCUT2D eigenvalue weighted by Gasteiger charge is 2.40. The molecule has 1 rings (SSSR count). The van der Waals surface area contributed by atoms with E-state index >= 15 is 0 Å². The lowest BCUT2D eigenvalue weighted by atomic mass is 10.2. The van der Waals surface area contributed by atoms with Crippen LogP contribution < -0.4 is 0 Å². The van der Waals surface area contributed by atoms with Gasteiger partial charge in [-0.3, -0.25) is 0 Å². The molecular formula is C8H12O3. The van der Waals surface area contributed by atoms with Gasteiger partial charge < -0.3 is 9.47 Å². The molecule has 0 aromatic rings. The lowest BCUT2D eigenvalue weighted by Crippen LogP contribution is -2.17. The highest BCUT2D eigenvalue weighted by Crippen LogP contribution is 2.25. The van der Waals surface area contributed by atoms with Crippen LogP contribution in [-0.2, 0) is 14.3 Å². The summed E-state index contributed by atoms with van der Waals surface area (Å²) in [5.41, 5.74) is -0.197. The zero-order chi connectivity index (χ0) is 8.32. The van der Waals surface area contributed by atoms with E-state index in [0.29, 0.717) is 13.2 Å². The molecule has 3 nitrogen and oxygen atoms in total. The van der Waals surface area contributed by atoms with Crippen molar-refractivity contribution in [3.8, 4) is 0 Å². The van der Waals surface area contributed by atoms with Gasteiger partial charge in [-0.1, -0.05) is 6.08 Å². The first-order valence-corrected chi connectivity index (χ1v) is 3.60. The van der Waals surface area contributed by atoms with E-state index in [4.69, 9.17) is 9.47 Å². The van der Waals surface area contributed by atoms with Gasteiger partial charge in [0.1, 0.15) is 12.2 Å². The highest BCUT2D eigenvalue weighted by atomic mass is 16.6. The number of rotatable bonds is 3. The minimum absolute atomic E-state index is 0.197. The van der Waals surface area contributed by atoms with Gasteiger partial charge in [0.05, 0.1) is 6.61 Å². The Kier molecular flexibility index (Phi) is 2.29. The third-order valence-electron chi connectivity index (χ3n) is 1.46. The number of epoxide rings is 1. The van der Waals surface area contributed by atoms with Crippen LogP contribution in [0.2, 0.25) is 0 Å². The second-order valence-electron chi connectivity index (χ2n) is 2.85. The Morgan fingerprint density at radius 3 is 2.91 bits per heavy atom. The molecular weight excluding hydrogens is 144 g/mol. The van der Waals surface area contributed by atoms with Crippen LogP contribution in [0.3, 0.4) is 0 Å². The van der Waals surface area contributed by atoms with Crippen LogP contribution in [0.5, 0.6) is 0 Å². The van der Waals surface area contributed by atoms with Crippen LogP contribution in [0.1, 0.15) is 13.8 Å². The Balaban J connectivity index is 2.16. The maximum absolute atomic E-state index is 10.8. The molecule has 1 heterocycles. The summed E-state index contributed by atoms with van der Waals surface area (Å²) >= 11 is 0. The Hall–Kier alpha value is -0.830. The van der Waals surface area contributed by atoms with E-state index < -0.39 is 0 Å². The summed E-state index contributed by atoms with van der Waals surface area (Å²) in [7, 11) is 0. The van der Waals surface area contributed by atoms with Gasteiger partial charge in [0.25, 0.3) is 0 Å². The second kappa shape index (κ2) is 3.05. The van der Waals surface area contributed by atoms with Crippen molar-refractivity contribution in [1.82, 2.24) is 0 Å². The highest BCUT2D eigenvalue weighted by molar-refractivity contribution is 5.81. The van der Waals surface area contributed by atoms with Gasteiger partial charge in [-0.2, -0.15) is 0 Å². The molecule has 0 saturated carbocycles. The molecule has 0 aromatic carbocycles. The Bertz CT molecular complexity index is 180. The lowest BCUT2D eigenvalue weighted by molar-refractivity contribution is -0.139. The lowest BCUT2D eigenvalue weighted by Gasteiger charge is -2.03. The summed E-state index contributed by atoms with van der Waals surface area (Å²) in [5, 5.41) is 0. The van der Waals surface area contributed by atoms with E-state index in [2.05, 4.69) is 0 Å². The van der Waals surface area contributed by atoms with Crippen molar-refractivity contribution in [3.63, 3.8) is 0 Å². The number of esters is 1. The normalized spacial score (nSPS) is 28.9. The Labute approximate surface area is 66.0 Å². The smallest absolute Gasteiger partial charge is 0.330 e. The summed E-state index contributed by atoms with van der Waals surface area (Å²) < 4.78 is 9.88. The monoisotopic (exact) mass is 156 g/mol. The molecule has 1 saturated heterocycles. The predicted octanol–water partition coefficient (Wildman–Crippen LogP) is 0.895. The SMILES string of the molecule is C/C=C/C(=O)OCC1(C)CO1. The molecule has 0 spiro atoms. The number of hydrogen-bond acceptors (Lipinski definition) is 3. The number of ether oxygens (including phenoxy) is 2. The largest absolute Gasteiger partial charge is 0.459 e. The fourth-order valence-electron chi connectivity index (χ4n) is 0.615. The van der Waals surface area contributed by atoms with Crippen molar-refractivity contribution in [2.45, 2.75) is 19.4 Å². The Morgan fingerprint density at radius 2 is 2.45 bits per heavy atom. The average molecular weight is 156 g/mol. The van der Waals surface area contributed by atoms with Gasteiger partial charge in [-0.25, -0.2) is 4.79 Å². The van der Waals surface area contributed by atoms with Gasteiger partial charge in [-0.15, -0.1) is 0 Å². The summed E-state index contributed by atoms with van der Waals surface area (Å²) in [6, 6.07) is 0. The van der Waals surface area contributed by atoms with Crippen molar-refractivity contribution in [3.05, 3.63) is 12.2 Å². The molecule has 0 bridgehead atoms. The molecule has 0 aromatic heterocycles. The summed E-state index contributed by atoms with van der Waals surface area (Å²) in [6.45, 7) is 4.73. The van der Waals surface area contributed by atoms with E-state index in [9.17, 15) is 4.79 Å². The van der Waals surface area contributed by atoms with Crippen molar-refractivity contribution >= 4 is 5.97 Å². The fourth-order valence-corrected chi connectivity index (χ4v) is 0.615. The average Bonchev–Trinajstić information content (AvgIpc) is 2.66. The minimum atomic E-state index is -0.302.